The molecule has 42 heavy (non-hydrogen) atoms. The topological polar surface area (TPSA) is 189 Å². The van der Waals surface area contributed by atoms with Crippen LogP contribution in [0.3, 0.4) is 0 Å². The number of aliphatic carboxylic acids is 1. The van der Waals surface area contributed by atoms with E-state index < -0.39 is 23.8 Å². The lowest BCUT2D eigenvalue weighted by molar-refractivity contribution is -0.142. The molecular formula is C31H40N6O5. The van der Waals surface area contributed by atoms with E-state index in [2.05, 4.69) is 16.7 Å². The fourth-order valence-electron chi connectivity index (χ4n) is 4.78. The van der Waals surface area contributed by atoms with Gasteiger partial charge in [0.05, 0.1) is 11.6 Å². The highest BCUT2D eigenvalue weighted by Gasteiger charge is 2.35. The SMILES string of the molecule is CC(=O)O.CN(C)C(=O)C(Cc1ccc(C(=N)N)cc1)C(=O)N[C@H](C(=O)NCc1ccc(C#N)cc1)C1CCCCC1. The molecule has 1 saturated carbocycles. The van der Waals surface area contributed by atoms with Crippen molar-refractivity contribution in [3.8, 4) is 6.07 Å². The molecule has 0 aromatic heterocycles. The van der Waals surface area contributed by atoms with Crippen molar-refractivity contribution >= 4 is 29.5 Å². The third-order valence-corrected chi connectivity index (χ3v) is 7.01. The van der Waals surface area contributed by atoms with Crippen LogP contribution in [0.15, 0.2) is 48.5 Å². The number of amides is 3. The molecule has 6 N–H and O–H groups in total. The number of hydrogen-bond donors (Lipinski definition) is 5. The number of nitriles is 1. The van der Waals surface area contributed by atoms with Gasteiger partial charge in [-0.15, -0.1) is 0 Å². The van der Waals surface area contributed by atoms with Crippen LogP contribution in [0.1, 0.15) is 61.3 Å². The average molecular weight is 577 g/mol. The van der Waals surface area contributed by atoms with Gasteiger partial charge in [-0.2, -0.15) is 5.26 Å². The van der Waals surface area contributed by atoms with Crippen LogP contribution in [0.25, 0.3) is 0 Å². The van der Waals surface area contributed by atoms with E-state index in [1.165, 1.54) is 4.90 Å². The van der Waals surface area contributed by atoms with Crippen LogP contribution in [0.5, 0.6) is 0 Å². The maximum Gasteiger partial charge on any atom is 0.300 e. The van der Waals surface area contributed by atoms with Gasteiger partial charge in [0.2, 0.25) is 17.7 Å². The molecule has 1 aliphatic rings. The number of carbonyl (C=O) groups excluding carboxylic acids is 3. The van der Waals surface area contributed by atoms with Crippen molar-refractivity contribution in [2.45, 2.75) is 58.0 Å². The van der Waals surface area contributed by atoms with Crippen LogP contribution in [0.4, 0.5) is 0 Å². The van der Waals surface area contributed by atoms with Gasteiger partial charge in [0.15, 0.2) is 0 Å². The highest BCUT2D eigenvalue weighted by Crippen LogP contribution is 2.27. The molecule has 0 aliphatic heterocycles. The highest BCUT2D eigenvalue weighted by atomic mass is 16.4. The Bertz CT molecular complexity index is 1270. The van der Waals surface area contributed by atoms with Gasteiger partial charge in [-0.25, -0.2) is 0 Å². The summed E-state index contributed by atoms with van der Waals surface area (Å²) < 4.78 is 0. The van der Waals surface area contributed by atoms with Crippen LogP contribution in [-0.2, 0) is 32.1 Å². The molecular weight excluding hydrogens is 536 g/mol. The molecule has 2 aromatic rings. The standard InChI is InChI=1S/C29H36N6O3.C2H4O2/c1-35(2)29(38)24(16-19-12-14-23(15-13-19)26(31)32)27(36)34-25(22-6-4-3-5-7-22)28(37)33-18-21-10-8-20(17-30)9-11-21;1-2(3)4/h8-15,22,24-25H,3-7,16,18H2,1-2H3,(H3,31,32)(H,33,37)(H,34,36);1H3,(H,3,4)/t24?,25-;/m0./s1. The van der Waals surface area contributed by atoms with Crippen molar-refractivity contribution in [1.82, 2.24) is 15.5 Å². The largest absolute Gasteiger partial charge is 0.481 e. The van der Waals surface area contributed by atoms with Gasteiger partial charge in [-0.05, 0) is 48.4 Å². The molecule has 1 unspecified atom stereocenters. The maximum atomic E-state index is 13.5. The Balaban J connectivity index is 0.00000144. The van der Waals surface area contributed by atoms with Crippen LogP contribution in [-0.4, -0.2) is 59.7 Å². The summed E-state index contributed by atoms with van der Waals surface area (Å²) in [5.74, 6) is -3.03. The molecule has 3 rings (SSSR count). The Labute approximate surface area is 246 Å². The second kappa shape index (κ2) is 16.5. The molecule has 0 heterocycles. The Morgan fingerprint density at radius 2 is 1.55 bits per heavy atom. The molecule has 3 amide bonds. The summed E-state index contributed by atoms with van der Waals surface area (Å²) in [6.45, 7) is 1.35. The molecule has 1 aliphatic carbocycles. The molecule has 2 aromatic carbocycles. The fourth-order valence-corrected chi connectivity index (χ4v) is 4.78. The number of rotatable bonds is 10. The average Bonchev–Trinajstić information content (AvgIpc) is 2.97. The normalized spacial score (nSPS) is 14.1. The first-order chi connectivity index (χ1) is 19.9. The molecule has 0 bridgehead atoms. The third-order valence-electron chi connectivity index (χ3n) is 7.01. The lowest BCUT2D eigenvalue weighted by Gasteiger charge is -2.31. The molecule has 11 nitrogen and oxygen atoms in total. The fraction of sp³-hybridized carbons (Fsp3) is 0.419. The Kier molecular flexibility index (Phi) is 13.2. The van der Waals surface area contributed by atoms with Gasteiger partial charge < -0.3 is 26.4 Å². The Morgan fingerprint density at radius 3 is 2.05 bits per heavy atom. The van der Waals surface area contributed by atoms with E-state index in [0.717, 1.165) is 50.2 Å². The predicted molar refractivity (Wildman–Crippen MR) is 158 cm³/mol. The highest BCUT2D eigenvalue weighted by molar-refractivity contribution is 6.02. The van der Waals surface area contributed by atoms with Gasteiger partial charge in [0.25, 0.3) is 5.97 Å². The van der Waals surface area contributed by atoms with E-state index in [-0.39, 0.29) is 36.5 Å². The monoisotopic (exact) mass is 576 g/mol. The molecule has 0 spiro atoms. The number of carbonyl (C=O) groups is 4. The van der Waals surface area contributed by atoms with Crippen molar-refractivity contribution in [3.05, 3.63) is 70.8 Å². The number of carboxylic acids is 1. The lowest BCUT2D eigenvalue weighted by atomic mass is 9.83. The van der Waals surface area contributed by atoms with Crippen molar-refractivity contribution < 1.29 is 24.3 Å². The number of carboxylic acid groups (broad SMARTS) is 1. The molecule has 0 saturated heterocycles. The zero-order valence-electron chi connectivity index (χ0n) is 24.4. The first kappa shape index (κ1) is 33.5. The summed E-state index contributed by atoms with van der Waals surface area (Å²) in [6, 6.07) is 15.2. The van der Waals surface area contributed by atoms with E-state index in [9.17, 15) is 14.4 Å². The third kappa shape index (κ3) is 10.7. The molecule has 224 valence electrons. The van der Waals surface area contributed by atoms with E-state index >= 15 is 0 Å². The van der Waals surface area contributed by atoms with E-state index in [4.69, 9.17) is 26.3 Å². The lowest BCUT2D eigenvalue weighted by Crippen LogP contribution is -2.54. The van der Waals surface area contributed by atoms with Crippen molar-refractivity contribution in [2.75, 3.05) is 14.1 Å². The van der Waals surface area contributed by atoms with Gasteiger partial charge in [0, 0.05) is 33.1 Å². The predicted octanol–water partition coefficient (Wildman–Crippen LogP) is 2.56. The smallest absolute Gasteiger partial charge is 0.300 e. The molecule has 11 heteroatoms. The number of nitrogens with zero attached hydrogens (tertiary/aromatic N) is 2. The second-order valence-corrected chi connectivity index (χ2v) is 10.5. The van der Waals surface area contributed by atoms with Gasteiger partial charge >= 0.3 is 0 Å². The number of nitrogens with one attached hydrogen (secondary N) is 3. The number of benzene rings is 2. The minimum atomic E-state index is -1.01. The van der Waals surface area contributed by atoms with Crippen LogP contribution in [0.2, 0.25) is 0 Å². The zero-order chi connectivity index (χ0) is 31.2. The number of nitrogens with two attached hydrogens (primary N) is 1. The summed E-state index contributed by atoms with van der Waals surface area (Å²) in [5.41, 5.74) is 8.24. The Morgan fingerprint density at radius 1 is 1.00 bits per heavy atom. The van der Waals surface area contributed by atoms with E-state index in [1.54, 1.807) is 62.6 Å². The zero-order valence-corrected chi connectivity index (χ0v) is 24.4. The Hall–Kier alpha value is -4.72. The van der Waals surface area contributed by atoms with Crippen LogP contribution >= 0.6 is 0 Å². The summed E-state index contributed by atoms with van der Waals surface area (Å²) in [7, 11) is 3.20. The second-order valence-electron chi connectivity index (χ2n) is 10.5. The number of amidine groups is 1. The number of hydrogen-bond acceptors (Lipinski definition) is 6. The molecule has 2 atom stereocenters. The minimum absolute atomic E-state index is 0.0152. The van der Waals surface area contributed by atoms with Crippen molar-refractivity contribution in [3.63, 3.8) is 0 Å². The van der Waals surface area contributed by atoms with E-state index in [0.29, 0.717) is 11.1 Å². The van der Waals surface area contributed by atoms with Gasteiger partial charge in [-0.1, -0.05) is 55.7 Å². The van der Waals surface area contributed by atoms with Gasteiger partial charge in [0.1, 0.15) is 17.8 Å². The molecule has 1 fully saturated rings. The first-order valence-corrected chi connectivity index (χ1v) is 13.8. The van der Waals surface area contributed by atoms with Crippen molar-refractivity contribution in [1.29, 1.82) is 10.7 Å². The minimum Gasteiger partial charge on any atom is -0.481 e. The summed E-state index contributed by atoms with van der Waals surface area (Å²) in [6.07, 6.45) is 4.89. The van der Waals surface area contributed by atoms with Crippen molar-refractivity contribution in [2.24, 2.45) is 17.6 Å². The van der Waals surface area contributed by atoms with Gasteiger partial charge in [-0.3, -0.25) is 24.6 Å². The molecule has 0 radical (unpaired) electrons. The summed E-state index contributed by atoms with van der Waals surface area (Å²) >= 11 is 0. The first-order valence-electron chi connectivity index (χ1n) is 13.8. The number of nitrogen functional groups attached to an aromatic ring is 1. The van der Waals surface area contributed by atoms with Crippen LogP contribution in [0, 0.1) is 28.6 Å². The summed E-state index contributed by atoms with van der Waals surface area (Å²) in [4.78, 5) is 50.3. The summed E-state index contributed by atoms with van der Waals surface area (Å²) in [5, 5.41) is 29.8. The van der Waals surface area contributed by atoms with E-state index in [1.807, 2.05) is 0 Å². The quantitative estimate of drug-likeness (QED) is 0.163. The maximum absolute atomic E-state index is 13.5. The van der Waals surface area contributed by atoms with Crippen LogP contribution < -0.4 is 16.4 Å².